The van der Waals surface area contributed by atoms with Crippen LogP contribution in [0.25, 0.3) is 0 Å². The summed E-state index contributed by atoms with van der Waals surface area (Å²) in [7, 11) is 0. The Morgan fingerprint density at radius 1 is 1.10 bits per heavy atom. The Morgan fingerprint density at radius 2 is 1.74 bits per heavy atom. The Morgan fingerprint density at radius 3 is 2.29 bits per heavy atom. The van der Waals surface area contributed by atoms with Gasteiger partial charge in [0, 0.05) is 45.0 Å². The molecule has 1 saturated heterocycles. The van der Waals surface area contributed by atoms with E-state index in [1.807, 2.05) is 0 Å². The molecule has 7 nitrogen and oxygen atoms in total. The molecule has 1 aromatic carbocycles. The van der Waals surface area contributed by atoms with Gasteiger partial charge in [-0.2, -0.15) is 13.2 Å². The number of ether oxygens (including phenoxy) is 2. The summed E-state index contributed by atoms with van der Waals surface area (Å²) in [6.07, 6.45) is -4.91. The van der Waals surface area contributed by atoms with E-state index in [1.165, 1.54) is 6.07 Å². The minimum Gasteiger partial charge on any atom is -0.462 e. The average molecular weight is 445 g/mol. The molecule has 174 valence electrons. The Kier molecular flexibility index (Phi) is 8.16. The lowest BCUT2D eigenvalue weighted by molar-refractivity contribution is -0.137. The van der Waals surface area contributed by atoms with Gasteiger partial charge < -0.3 is 19.7 Å². The van der Waals surface area contributed by atoms with Gasteiger partial charge in [0.1, 0.15) is 5.60 Å². The second kappa shape index (κ2) is 10.2. The third kappa shape index (κ3) is 7.61. The Balaban J connectivity index is 1.92. The van der Waals surface area contributed by atoms with Crippen LogP contribution >= 0.6 is 0 Å². The highest BCUT2D eigenvalue weighted by atomic mass is 19.4. The minimum absolute atomic E-state index is 0.0586. The summed E-state index contributed by atoms with van der Waals surface area (Å²) in [5.41, 5.74) is -1.50. The first-order valence-electron chi connectivity index (χ1n) is 10.2. The lowest BCUT2D eigenvalue weighted by Crippen LogP contribution is -2.50. The van der Waals surface area contributed by atoms with Crippen molar-refractivity contribution in [2.24, 2.45) is 0 Å². The molecule has 0 spiro atoms. The van der Waals surface area contributed by atoms with Crippen molar-refractivity contribution in [1.82, 2.24) is 9.80 Å². The number of hydrogen-bond acceptors (Lipinski definition) is 6. The number of amides is 1. The smallest absolute Gasteiger partial charge is 0.418 e. The molecule has 1 aliphatic heterocycles. The molecule has 0 radical (unpaired) electrons. The molecule has 2 rings (SSSR count). The van der Waals surface area contributed by atoms with Crippen LogP contribution in [0.1, 0.15) is 43.6 Å². The van der Waals surface area contributed by atoms with E-state index >= 15 is 0 Å². The molecule has 0 aromatic heterocycles. The lowest BCUT2D eigenvalue weighted by atomic mass is 10.1. The molecule has 1 fully saturated rings. The highest BCUT2D eigenvalue weighted by Crippen LogP contribution is 2.35. The van der Waals surface area contributed by atoms with E-state index in [4.69, 9.17) is 9.47 Å². The maximum atomic E-state index is 13.3. The van der Waals surface area contributed by atoms with Crippen LogP contribution < -0.4 is 5.32 Å². The van der Waals surface area contributed by atoms with Gasteiger partial charge in [0.15, 0.2) is 0 Å². The number of piperazine rings is 1. The predicted octanol–water partition coefficient (Wildman–Crippen LogP) is 3.85. The standard InChI is InChI=1S/C21H30F3N3O4/c1-5-30-18(28)15-6-7-16(21(22,23)24)17(14-15)25-8-9-26-10-12-27(13-11-26)19(29)31-20(2,3)4/h6-7,14,25H,5,8-13H2,1-4H3. The van der Waals surface area contributed by atoms with Crippen molar-refractivity contribution in [2.75, 3.05) is 51.2 Å². The molecular formula is C21H30F3N3O4. The zero-order chi connectivity index (χ0) is 23.2. The average Bonchev–Trinajstić information content (AvgIpc) is 2.66. The number of rotatable bonds is 6. The third-order valence-corrected chi connectivity index (χ3v) is 4.60. The van der Waals surface area contributed by atoms with Crippen LogP contribution in [0.15, 0.2) is 18.2 Å². The van der Waals surface area contributed by atoms with Crippen LogP contribution in [-0.2, 0) is 15.7 Å². The highest BCUT2D eigenvalue weighted by Gasteiger charge is 2.34. The highest BCUT2D eigenvalue weighted by molar-refractivity contribution is 5.91. The lowest BCUT2D eigenvalue weighted by Gasteiger charge is -2.35. The first kappa shape index (κ1) is 24.8. The number of halogens is 3. The maximum Gasteiger partial charge on any atom is 0.418 e. The van der Waals surface area contributed by atoms with Crippen LogP contribution in [0.5, 0.6) is 0 Å². The van der Waals surface area contributed by atoms with Crippen molar-refractivity contribution < 1.29 is 32.2 Å². The van der Waals surface area contributed by atoms with Crippen molar-refractivity contribution in [3.8, 4) is 0 Å². The summed E-state index contributed by atoms with van der Waals surface area (Å²) >= 11 is 0. The topological polar surface area (TPSA) is 71.1 Å². The summed E-state index contributed by atoms with van der Waals surface area (Å²) < 4.78 is 50.2. The molecule has 1 N–H and O–H groups in total. The Labute approximate surface area is 180 Å². The molecule has 10 heteroatoms. The van der Waals surface area contributed by atoms with Crippen LogP contribution in [0.4, 0.5) is 23.7 Å². The van der Waals surface area contributed by atoms with E-state index in [0.29, 0.717) is 32.7 Å². The van der Waals surface area contributed by atoms with Gasteiger partial charge in [0.2, 0.25) is 0 Å². The molecule has 31 heavy (non-hydrogen) atoms. The molecular weight excluding hydrogens is 415 g/mol. The number of esters is 1. The number of benzene rings is 1. The minimum atomic E-state index is -4.55. The molecule has 1 heterocycles. The quantitative estimate of drug-likeness (QED) is 0.671. The Hall–Kier alpha value is -2.49. The molecule has 0 bridgehead atoms. The molecule has 0 atom stereocenters. The van der Waals surface area contributed by atoms with E-state index in [0.717, 1.165) is 12.1 Å². The van der Waals surface area contributed by atoms with Crippen LogP contribution in [0.3, 0.4) is 0 Å². The number of carbonyl (C=O) groups is 2. The van der Waals surface area contributed by atoms with Crippen LogP contribution in [0, 0.1) is 0 Å². The largest absolute Gasteiger partial charge is 0.462 e. The van der Waals surface area contributed by atoms with Crippen molar-refractivity contribution >= 4 is 17.7 Å². The fourth-order valence-electron chi connectivity index (χ4n) is 3.11. The van der Waals surface area contributed by atoms with Gasteiger partial charge in [-0.1, -0.05) is 0 Å². The van der Waals surface area contributed by atoms with Gasteiger partial charge in [-0.3, -0.25) is 4.90 Å². The number of nitrogens with one attached hydrogen (secondary N) is 1. The molecule has 0 aliphatic carbocycles. The second-order valence-electron chi connectivity index (χ2n) is 8.21. The molecule has 1 amide bonds. The van der Waals surface area contributed by atoms with Crippen molar-refractivity contribution in [3.05, 3.63) is 29.3 Å². The van der Waals surface area contributed by atoms with Crippen molar-refractivity contribution in [1.29, 1.82) is 0 Å². The summed E-state index contributed by atoms with van der Waals surface area (Å²) in [5, 5.41) is 2.79. The number of anilines is 1. The van der Waals surface area contributed by atoms with E-state index < -0.39 is 23.3 Å². The molecule has 0 unspecified atom stereocenters. The van der Waals surface area contributed by atoms with E-state index in [1.54, 1.807) is 32.6 Å². The number of nitrogens with zero attached hydrogens (tertiary/aromatic N) is 2. The normalized spacial score (nSPS) is 15.5. The summed E-state index contributed by atoms with van der Waals surface area (Å²) in [4.78, 5) is 27.7. The summed E-state index contributed by atoms with van der Waals surface area (Å²) in [6, 6.07) is 3.16. The van der Waals surface area contributed by atoms with Gasteiger partial charge >= 0.3 is 18.2 Å². The van der Waals surface area contributed by atoms with Gasteiger partial charge in [-0.05, 0) is 45.9 Å². The zero-order valence-electron chi connectivity index (χ0n) is 18.3. The SMILES string of the molecule is CCOC(=O)c1ccc(C(F)(F)F)c(NCCN2CCN(C(=O)OC(C)(C)C)CC2)c1. The van der Waals surface area contributed by atoms with Gasteiger partial charge in [0.05, 0.1) is 17.7 Å². The van der Waals surface area contributed by atoms with Crippen molar-refractivity contribution in [3.63, 3.8) is 0 Å². The van der Waals surface area contributed by atoms with Crippen LogP contribution in [0.2, 0.25) is 0 Å². The second-order valence-corrected chi connectivity index (χ2v) is 8.21. The predicted molar refractivity (Wildman–Crippen MR) is 110 cm³/mol. The van der Waals surface area contributed by atoms with Gasteiger partial charge in [-0.25, -0.2) is 9.59 Å². The van der Waals surface area contributed by atoms with Crippen LogP contribution in [-0.4, -0.2) is 73.3 Å². The maximum absolute atomic E-state index is 13.3. The first-order chi connectivity index (χ1) is 14.4. The first-order valence-corrected chi connectivity index (χ1v) is 10.2. The third-order valence-electron chi connectivity index (χ3n) is 4.60. The fraction of sp³-hybridized carbons (Fsp3) is 0.619. The fourth-order valence-corrected chi connectivity index (χ4v) is 3.11. The number of alkyl halides is 3. The Bertz CT molecular complexity index is 770. The zero-order valence-corrected chi connectivity index (χ0v) is 18.3. The molecule has 1 aromatic rings. The van der Waals surface area contributed by atoms with E-state index in [2.05, 4.69) is 10.2 Å². The van der Waals surface area contributed by atoms with E-state index in [-0.39, 0.29) is 30.5 Å². The molecule has 0 saturated carbocycles. The van der Waals surface area contributed by atoms with Crippen molar-refractivity contribution in [2.45, 2.75) is 39.5 Å². The molecule has 1 aliphatic rings. The summed E-state index contributed by atoms with van der Waals surface area (Å²) in [5.74, 6) is -0.669. The van der Waals surface area contributed by atoms with E-state index in [9.17, 15) is 22.8 Å². The number of carbonyl (C=O) groups excluding carboxylic acids is 2. The number of hydrogen-bond donors (Lipinski definition) is 1. The van der Waals surface area contributed by atoms with Gasteiger partial charge in [0.25, 0.3) is 0 Å². The monoisotopic (exact) mass is 445 g/mol. The summed E-state index contributed by atoms with van der Waals surface area (Å²) in [6.45, 7) is 10.1. The van der Waals surface area contributed by atoms with Gasteiger partial charge in [-0.15, -0.1) is 0 Å².